The van der Waals surface area contributed by atoms with E-state index < -0.39 is 10.0 Å². The summed E-state index contributed by atoms with van der Waals surface area (Å²) < 4.78 is 27.5. The van der Waals surface area contributed by atoms with Crippen LogP contribution in [0.1, 0.15) is 5.56 Å². The van der Waals surface area contributed by atoms with Crippen LogP contribution in [0.15, 0.2) is 15.7 Å². The molecule has 1 fully saturated rings. The van der Waals surface area contributed by atoms with Crippen molar-refractivity contribution in [2.45, 2.75) is 16.8 Å². The first-order valence-corrected chi connectivity index (χ1v) is 8.94. The van der Waals surface area contributed by atoms with Gasteiger partial charge >= 0.3 is 0 Å². The van der Waals surface area contributed by atoms with Gasteiger partial charge in [-0.3, -0.25) is 4.90 Å². The first-order valence-electron chi connectivity index (χ1n) is 6.58. The molecule has 1 aliphatic heterocycles. The van der Waals surface area contributed by atoms with E-state index in [1.807, 2.05) is 7.05 Å². The van der Waals surface area contributed by atoms with Gasteiger partial charge in [0.25, 0.3) is 0 Å². The Kier molecular flexibility index (Phi) is 5.16. The number of rotatable bonds is 5. The van der Waals surface area contributed by atoms with Crippen LogP contribution in [0.5, 0.6) is 0 Å². The highest BCUT2D eigenvalue weighted by atomic mass is 32.2. The van der Waals surface area contributed by atoms with Gasteiger partial charge in [0.15, 0.2) is 0 Å². The molecule has 8 heteroatoms. The van der Waals surface area contributed by atoms with Gasteiger partial charge in [-0.1, -0.05) is 0 Å². The Balaban J connectivity index is 1.98. The molecule has 0 aliphatic carbocycles. The monoisotopic (exact) mass is 318 g/mol. The van der Waals surface area contributed by atoms with E-state index in [-0.39, 0.29) is 6.04 Å². The van der Waals surface area contributed by atoms with Gasteiger partial charge < -0.3 is 10.6 Å². The second-order valence-corrected chi connectivity index (χ2v) is 8.13. The minimum Gasteiger partial charge on any atom is -0.326 e. The normalized spacial score (nSPS) is 22.2. The molecule has 0 spiro atoms. The second-order valence-electron chi connectivity index (χ2n) is 5.23. The number of piperazine rings is 1. The highest BCUT2D eigenvalue weighted by molar-refractivity contribution is 7.91. The number of sulfonamides is 1. The van der Waals surface area contributed by atoms with E-state index >= 15 is 0 Å². The Labute approximate surface area is 124 Å². The molecule has 1 atom stereocenters. The van der Waals surface area contributed by atoms with Gasteiger partial charge in [-0.15, -0.1) is 11.3 Å². The molecule has 1 saturated heterocycles. The molecule has 2 rings (SSSR count). The van der Waals surface area contributed by atoms with E-state index in [1.54, 1.807) is 11.4 Å². The molecule has 0 amide bonds. The SMILES string of the molecule is CN1CCN(C)C(CNS(=O)(=O)c2cc(CN)cs2)C1. The molecular formula is C12H22N4O2S2. The summed E-state index contributed by atoms with van der Waals surface area (Å²) in [4.78, 5) is 4.42. The zero-order valence-corrected chi connectivity index (χ0v) is 13.5. The van der Waals surface area contributed by atoms with Crippen LogP contribution in [-0.4, -0.2) is 64.5 Å². The van der Waals surface area contributed by atoms with E-state index in [4.69, 9.17) is 5.73 Å². The lowest BCUT2D eigenvalue weighted by molar-refractivity contribution is 0.117. The Bertz CT molecular complexity index is 543. The summed E-state index contributed by atoms with van der Waals surface area (Å²) in [6.45, 7) is 3.64. The predicted molar refractivity (Wildman–Crippen MR) is 81.3 cm³/mol. The Morgan fingerprint density at radius 3 is 2.85 bits per heavy atom. The zero-order chi connectivity index (χ0) is 14.8. The minimum atomic E-state index is -3.42. The van der Waals surface area contributed by atoms with E-state index in [2.05, 4.69) is 21.6 Å². The topological polar surface area (TPSA) is 78.7 Å². The van der Waals surface area contributed by atoms with E-state index in [9.17, 15) is 8.42 Å². The van der Waals surface area contributed by atoms with Crippen molar-refractivity contribution in [3.63, 3.8) is 0 Å². The van der Waals surface area contributed by atoms with E-state index in [0.717, 1.165) is 25.2 Å². The summed E-state index contributed by atoms with van der Waals surface area (Å²) in [5.74, 6) is 0. The first-order chi connectivity index (χ1) is 9.42. The lowest BCUT2D eigenvalue weighted by Gasteiger charge is -2.37. The number of nitrogens with one attached hydrogen (secondary N) is 1. The molecule has 20 heavy (non-hydrogen) atoms. The third-order valence-corrected chi connectivity index (χ3v) is 6.53. The fraction of sp³-hybridized carbons (Fsp3) is 0.667. The van der Waals surface area contributed by atoms with Gasteiger partial charge in [-0.05, 0) is 31.1 Å². The van der Waals surface area contributed by atoms with Crippen LogP contribution in [0.4, 0.5) is 0 Å². The summed E-state index contributed by atoms with van der Waals surface area (Å²) in [5.41, 5.74) is 6.36. The zero-order valence-electron chi connectivity index (χ0n) is 11.9. The molecule has 1 aromatic rings. The van der Waals surface area contributed by atoms with Crippen molar-refractivity contribution in [2.75, 3.05) is 40.3 Å². The minimum absolute atomic E-state index is 0.206. The average Bonchev–Trinajstić information content (AvgIpc) is 2.89. The van der Waals surface area contributed by atoms with Crippen LogP contribution in [0.2, 0.25) is 0 Å². The molecule has 6 nitrogen and oxygen atoms in total. The molecule has 2 heterocycles. The maximum atomic E-state index is 12.2. The average molecular weight is 318 g/mol. The number of nitrogens with two attached hydrogens (primary N) is 1. The fourth-order valence-electron chi connectivity index (χ4n) is 2.20. The van der Waals surface area contributed by atoms with Crippen LogP contribution in [0, 0.1) is 0 Å². The number of likely N-dealkylation sites (N-methyl/N-ethyl adjacent to an activating group) is 2. The molecule has 0 bridgehead atoms. The lowest BCUT2D eigenvalue weighted by atomic mass is 10.2. The Morgan fingerprint density at radius 1 is 1.45 bits per heavy atom. The predicted octanol–water partition coefficient (Wildman–Crippen LogP) is -0.269. The molecular weight excluding hydrogens is 296 g/mol. The standard InChI is InChI=1S/C12H22N4O2S2/c1-15-3-4-16(2)11(8-15)7-14-20(17,18)12-5-10(6-13)9-19-12/h5,9,11,14H,3-4,6-8,13H2,1-2H3. The number of thiophene rings is 1. The molecule has 114 valence electrons. The Morgan fingerprint density at radius 2 is 2.20 bits per heavy atom. The van der Waals surface area contributed by atoms with Crippen molar-refractivity contribution in [3.8, 4) is 0 Å². The maximum absolute atomic E-state index is 12.2. The second kappa shape index (κ2) is 6.50. The van der Waals surface area contributed by atoms with Crippen LogP contribution in [0.3, 0.4) is 0 Å². The summed E-state index contributed by atoms with van der Waals surface area (Å²) >= 11 is 1.21. The van der Waals surface area contributed by atoms with Crippen molar-refractivity contribution in [3.05, 3.63) is 17.0 Å². The van der Waals surface area contributed by atoms with Crippen LogP contribution >= 0.6 is 11.3 Å². The van der Waals surface area contributed by atoms with Gasteiger partial charge in [0.1, 0.15) is 4.21 Å². The fourth-order valence-corrected chi connectivity index (χ4v) is 4.54. The third kappa shape index (κ3) is 3.78. The lowest BCUT2D eigenvalue weighted by Crippen LogP contribution is -2.54. The van der Waals surface area contributed by atoms with Gasteiger partial charge in [0, 0.05) is 38.8 Å². The van der Waals surface area contributed by atoms with Crippen molar-refractivity contribution in [1.29, 1.82) is 0 Å². The Hall–Kier alpha value is -0.510. The van der Waals surface area contributed by atoms with Crippen molar-refractivity contribution in [2.24, 2.45) is 5.73 Å². The van der Waals surface area contributed by atoms with Gasteiger partial charge in [-0.25, -0.2) is 13.1 Å². The number of hydrogen-bond donors (Lipinski definition) is 2. The van der Waals surface area contributed by atoms with Crippen LogP contribution in [-0.2, 0) is 16.6 Å². The summed E-state index contributed by atoms with van der Waals surface area (Å²) in [6, 6.07) is 1.85. The number of nitrogens with zero attached hydrogens (tertiary/aromatic N) is 2. The highest BCUT2D eigenvalue weighted by Gasteiger charge is 2.25. The molecule has 1 unspecified atom stereocenters. The largest absolute Gasteiger partial charge is 0.326 e. The number of hydrogen-bond acceptors (Lipinski definition) is 6. The van der Waals surface area contributed by atoms with Gasteiger partial charge in [0.05, 0.1) is 0 Å². The molecule has 1 aromatic heterocycles. The van der Waals surface area contributed by atoms with Crippen LogP contribution in [0.25, 0.3) is 0 Å². The van der Waals surface area contributed by atoms with Gasteiger partial charge in [0.2, 0.25) is 10.0 Å². The van der Waals surface area contributed by atoms with Crippen molar-refractivity contribution < 1.29 is 8.42 Å². The maximum Gasteiger partial charge on any atom is 0.250 e. The summed E-state index contributed by atoms with van der Waals surface area (Å²) in [6.07, 6.45) is 0. The first kappa shape index (κ1) is 15.9. The highest BCUT2D eigenvalue weighted by Crippen LogP contribution is 2.19. The summed E-state index contributed by atoms with van der Waals surface area (Å²) in [7, 11) is 0.666. The molecule has 1 aliphatic rings. The molecule has 3 N–H and O–H groups in total. The summed E-state index contributed by atoms with van der Waals surface area (Å²) in [5, 5.41) is 1.79. The third-order valence-electron chi connectivity index (χ3n) is 3.62. The van der Waals surface area contributed by atoms with Gasteiger partial charge in [-0.2, -0.15) is 0 Å². The van der Waals surface area contributed by atoms with E-state index in [1.165, 1.54) is 11.3 Å². The quantitative estimate of drug-likeness (QED) is 0.781. The molecule has 0 radical (unpaired) electrons. The molecule has 0 saturated carbocycles. The smallest absolute Gasteiger partial charge is 0.250 e. The van der Waals surface area contributed by atoms with E-state index in [0.29, 0.717) is 17.3 Å². The van der Waals surface area contributed by atoms with Crippen LogP contribution < -0.4 is 10.5 Å². The van der Waals surface area contributed by atoms with Crippen molar-refractivity contribution in [1.82, 2.24) is 14.5 Å². The van der Waals surface area contributed by atoms with Crippen molar-refractivity contribution >= 4 is 21.4 Å². The molecule has 0 aromatic carbocycles.